The summed E-state index contributed by atoms with van der Waals surface area (Å²) in [5.74, 6) is 1.53. The van der Waals surface area contributed by atoms with Crippen molar-refractivity contribution in [1.29, 1.82) is 0 Å². The second kappa shape index (κ2) is 6.51. The zero-order valence-electron chi connectivity index (χ0n) is 11.6. The van der Waals surface area contributed by atoms with Crippen LogP contribution in [0.4, 0.5) is 0 Å². The molecule has 0 aliphatic heterocycles. The van der Waals surface area contributed by atoms with E-state index in [1.54, 1.807) is 14.2 Å². The third-order valence-electron chi connectivity index (χ3n) is 3.13. The van der Waals surface area contributed by atoms with Crippen LogP contribution in [0.5, 0.6) is 11.5 Å². The van der Waals surface area contributed by atoms with Gasteiger partial charge in [-0.3, -0.25) is 0 Å². The highest BCUT2D eigenvalue weighted by Gasteiger charge is 2.19. The van der Waals surface area contributed by atoms with E-state index in [-0.39, 0.29) is 5.38 Å². The molecular formula is C16H16BrClO2. The molecule has 2 aromatic carbocycles. The first-order valence-corrected chi connectivity index (χ1v) is 7.41. The van der Waals surface area contributed by atoms with Gasteiger partial charge in [0.1, 0.15) is 11.5 Å². The average molecular weight is 356 g/mol. The van der Waals surface area contributed by atoms with E-state index in [0.717, 1.165) is 32.7 Å². The summed E-state index contributed by atoms with van der Waals surface area (Å²) in [5, 5.41) is -0.326. The second-order valence-electron chi connectivity index (χ2n) is 4.49. The van der Waals surface area contributed by atoms with Crippen molar-refractivity contribution >= 4 is 27.5 Å². The lowest BCUT2D eigenvalue weighted by molar-refractivity contribution is 0.404. The van der Waals surface area contributed by atoms with Crippen LogP contribution >= 0.6 is 27.5 Å². The predicted octanol–water partition coefficient (Wildman–Crippen LogP) is 5.10. The Morgan fingerprint density at radius 2 is 1.65 bits per heavy atom. The highest BCUT2D eigenvalue weighted by atomic mass is 79.9. The Morgan fingerprint density at radius 1 is 0.950 bits per heavy atom. The van der Waals surface area contributed by atoms with Gasteiger partial charge in [0.25, 0.3) is 0 Å². The smallest absolute Gasteiger partial charge is 0.125 e. The molecule has 0 spiro atoms. The van der Waals surface area contributed by atoms with E-state index in [2.05, 4.69) is 15.9 Å². The van der Waals surface area contributed by atoms with Gasteiger partial charge >= 0.3 is 0 Å². The van der Waals surface area contributed by atoms with E-state index in [1.165, 1.54) is 0 Å². The van der Waals surface area contributed by atoms with Crippen LogP contribution in [0.25, 0.3) is 0 Å². The Kier molecular flexibility index (Phi) is 4.95. The van der Waals surface area contributed by atoms with E-state index in [1.807, 2.05) is 43.3 Å². The summed E-state index contributed by atoms with van der Waals surface area (Å²) >= 11 is 10.1. The first-order valence-electron chi connectivity index (χ1n) is 6.19. The number of methoxy groups -OCH3 is 2. The summed E-state index contributed by atoms with van der Waals surface area (Å²) in [6, 6.07) is 11.8. The summed E-state index contributed by atoms with van der Waals surface area (Å²) in [5.41, 5.74) is 3.00. The maximum absolute atomic E-state index is 6.65. The molecule has 106 valence electrons. The Hall–Kier alpha value is -1.19. The SMILES string of the molecule is COc1cc(Br)ccc1C(Cl)c1cc(C)ccc1OC. The van der Waals surface area contributed by atoms with Crippen molar-refractivity contribution in [3.05, 3.63) is 57.6 Å². The zero-order valence-corrected chi connectivity index (χ0v) is 14.0. The van der Waals surface area contributed by atoms with Gasteiger partial charge in [-0.25, -0.2) is 0 Å². The molecule has 0 radical (unpaired) electrons. The van der Waals surface area contributed by atoms with E-state index in [4.69, 9.17) is 21.1 Å². The molecule has 0 saturated heterocycles. The summed E-state index contributed by atoms with van der Waals surface area (Å²) in [6.07, 6.45) is 0. The van der Waals surface area contributed by atoms with E-state index in [9.17, 15) is 0 Å². The number of aryl methyl sites for hydroxylation is 1. The highest BCUT2D eigenvalue weighted by Crippen LogP contribution is 2.40. The van der Waals surface area contributed by atoms with Crippen LogP contribution in [-0.4, -0.2) is 14.2 Å². The van der Waals surface area contributed by atoms with Crippen LogP contribution < -0.4 is 9.47 Å². The summed E-state index contributed by atoms with van der Waals surface area (Å²) in [6.45, 7) is 2.03. The fraction of sp³-hybridized carbons (Fsp3) is 0.250. The molecule has 4 heteroatoms. The number of alkyl halides is 1. The van der Waals surface area contributed by atoms with Crippen molar-refractivity contribution in [1.82, 2.24) is 0 Å². The van der Waals surface area contributed by atoms with Crippen molar-refractivity contribution in [2.75, 3.05) is 14.2 Å². The van der Waals surface area contributed by atoms with Gasteiger partial charge in [0.05, 0.1) is 19.6 Å². The molecule has 0 aliphatic carbocycles. The first kappa shape index (κ1) is 15.2. The quantitative estimate of drug-likeness (QED) is 0.710. The van der Waals surface area contributed by atoms with Crippen LogP contribution in [0.1, 0.15) is 22.1 Å². The molecule has 0 bridgehead atoms. The molecular weight excluding hydrogens is 340 g/mol. The largest absolute Gasteiger partial charge is 0.496 e. The minimum Gasteiger partial charge on any atom is -0.496 e. The second-order valence-corrected chi connectivity index (χ2v) is 5.85. The fourth-order valence-electron chi connectivity index (χ4n) is 2.11. The van der Waals surface area contributed by atoms with Gasteiger partial charge in [-0.2, -0.15) is 0 Å². The molecule has 20 heavy (non-hydrogen) atoms. The molecule has 2 nitrogen and oxygen atoms in total. The molecule has 0 saturated carbocycles. The van der Waals surface area contributed by atoms with Crippen molar-refractivity contribution in [2.45, 2.75) is 12.3 Å². The van der Waals surface area contributed by atoms with Crippen LogP contribution in [0.15, 0.2) is 40.9 Å². The molecule has 2 aromatic rings. The molecule has 0 amide bonds. The lowest BCUT2D eigenvalue weighted by Gasteiger charge is -2.17. The predicted molar refractivity (Wildman–Crippen MR) is 86.1 cm³/mol. The third-order valence-corrected chi connectivity index (χ3v) is 4.09. The number of rotatable bonds is 4. The van der Waals surface area contributed by atoms with Crippen molar-refractivity contribution < 1.29 is 9.47 Å². The van der Waals surface area contributed by atoms with Crippen LogP contribution in [0.2, 0.25) is 0 Å². The summed E-state index contributed by atoms with van der Waals surface area (Å²) < 4.78 is 11.8. The Morgan fingerprint density at radius 3 is 2.30 bits per heavy atom. The Labute approximate surface area is 132 Å². The highest BCUT2D eigenvalue weighted by molar-refractivity contribution is 9.10. The number of ether oxygens (including phenoxy) is 2. The van der Waals surface area contributed by atoms with Gasteiger partial charge in [0.15, 0.2) is 0 Å². The van der Waals surface area contributed by atoms with Crippen LogP contribution in [0.3, 0.4) is 0 Å². The maximum atomic E-state index is 6.65. The van der Waals surface area contributed by atoms with Gasteiger partial charge in [0, 0.05) is 15.6 Å². The minimum atomic E-state index is -0.326. The van der Waals surface area contributed by atoms with Crippen molar-refractivity contribution in [2.24, 2.45) is 0 Å². The van der Waals surface area contributed by atoms with Gasteiger partial charge < -0.3 is 9.47 Å². The van der Waals surface area contributed by atoms with Crippen LogP contribution in [0, 0.1) is 6.92 Å². The van der Waals surface area contributed by atoms with E-state index < -0.39 is 0 Å². The van der Waals surface area contributed by atoms with E-state index in [0.29, 0.717) is 0 Å². The Bertz CT molecular complexity index is 613. The van der Waals surface area contributed by atoms with E-state index >= 15 is 0 Å². The Balaban J connectivity index is 2.51. The van der Waals surface area contributed by atoms with Gasteiger partial charge in [-0.15, -0.1) is 11.6 Å². The molecule has 2 rings (SSSR count). The topological polar surface area (TPSA) is 18.5 Å². The summed E-state index contributed by atoms with van der Waals surface area (Å²) in [7, 11) is 3.29. The molecule has 0 N–H and O–H groups in total. The average Bonchev–Trinajstić information content (AvgIpc) is 2.46. The maximum Gasteiger partial charge on any atom is 0.125 e. The van der Waals surface area contributed by atoms with Crippen molar-refractivity contribution in [3.8, 4) is 11.5 Å². The standard InChI is InChI=1S/C16H16BrClO2/c1-10-4-7-14(19-2)13(8-10)16(18)12-6-5-11(17)9-15(12)20-3/h4-9,16H,1-3H3. The lowest BCUT2D eigenvalue weighted by Crippen LogP contribution is -2.00. The monoisotopic (exact) mass is 354 g/mol. The lowest BCUT2D eigenvalue weighted by atomic mass is 10.0. The number of halogens is 2. The van der Waals surface area contributed by atoms with Gasteiger partial charge in [-0.05, 0) is 25.1 Å². The molecule has 0 aromatic heterocycles. The molecule has 0 aliphatic rings. The number of hydrogen-bond donors (Lipinski definition) is 0. The van der Waals surface area contributed by atoms with Gasteiger partial charge in [-0.1, -0.05) is 39.7 Å². The summed E-state index contributed by atoms with van der Waals surface area (Å²) in [4.78, 5) is 0. The number of hydrogen-bond acceptors (Lipinski definition) is 2. The zero-order chi connectivity index (χ0) is 14.7. The van der Waals surface area contributed by atoms with Crippen LogP contribution in [-0.2, 0) is 0 Å². The molecule has 1 atom stereocenters. The normalized spacial score (nSPS) is 12.1. The number of benzene rings is 2. The fourth-order valence-corrected chi connectivity index (χ4v) is 2.80. The third kappa shape index (κ3) is 3.10. The minimum absolute atomic E-state index is 0.326. The molecule has 1 unspecified atom stereocenters. The van der Waals surface area contributed by atoms with Gasteiger partial charge in [0.2, 0.25) is 0 Å². The molecule has 0 heterocycles. The molecule has 0 fully saturated rings. The van der Waals surface area contributed by atoms with Crippen molar-refractivity contribution in [3.63, 3.8) is 0 Å². The first-order chi connectivity index (χ1) is 9.56.